The van der Waals surface area contributed by atoms with E-state index in [2.05, 4.69) is 26.2 Å². The Morgan fingerprint density at radius 2 is 1.83 bits per heavy atom. The van der Waals surface area contributed by atoms with Crippen LogP contribution in [0, 0.1) is 11.8 Å². The van der Waals surface area contributed by atoms with Crippen molar-refractivity contribution < 1.29 is 0 Å². The van der Waals surface area contributed by atoms with Crippen LogP contribution in [0.3, 0.4) is 0 Å². The van der Waals surface area contributed by atoms with Crippen molar-refractivity contribution in [3.8, 4) is 0 Å². The second-order valence-corrected chi connectivity index (χ2v) is 2.93. The minimum atomic E-state index is 0.774. The second-order valence-electron chi connectivity index (χ2n) is 2.93. The summed E-state index contributed by atoms with van der Waals surface area (Å²) in [6.45, 7) is 13.7. The molecule has 0 heteroatoms. The van der Waals surface area contributed by atoms with Gasteiger partial charge in [0.15, 0.2) is 0 Å². The Balaban J connectivity index is 0.000000561. The molecule has 1 aliphatic rings. The smallest absolute Gasteiger partial charge is 0.0133 e. The minimum absolute atomic E-state index is 0.774. The number of hydrogen-bond donors (Lipinski definition) is 0. The summed E-state index contributed by atoms with van der Waals surface area (Å²) in [5.41, 5.74) is 1.35. The molecular formula is C12H20. The lowest BCUT2D eigenvalue weighted by atomic mass is 10.1. The summed E-state index contributed by atoms with van der Waals surface area (Å²) in [7, 11) is 0. The van der Waals surface area contributed by atoms with E-state index >= 15 is 0 Å². The van der Waals surface area contributed by atoms with E-state index < -0.39 is 0 Å². The van der Waals surface area contributed by atoms with Gasteiger partial charge in [-0.15, -0.1) is 0 Å². The van der Waals surface area contributed by atoms with Crippen molar-refractivity contribution in [1.82, 2.24) is 0 Å². The van der Waals surface area contributed by atoms with Crippen LogP contribution in [0.25, 0.3) is 0 Å². The highest BCUT2D eigenvalue weighted by atomic mass is 14.4. The van der Waals surface area contributed by atoms with Crippen molar-refractivity contribution in [2.45, 2.75) is 27.2 Å². The van der Waals surface area contributed by atoms with E-state index in [4.69, 9.17) is 0 Å². The molecule has 1 aliphatic carbocycles. The average Bonchev–Trinajstić information content (AvgIpc) is 2.82. The topological polar surface area (TPSA) is 0 Å². The summed E-state index contributed by atoms with van der Waals surface area (Å²) >= 11 is 0. The Morgan fingerprint density at radius 1 is 1.33 bits per heavy atom. The van der Waals surface area contributed by atoms with E-state index in [-0.39, 0.29) is 0 Å². The maximum Gasteiger partial charge on any atom is -0.0133 e. The van der Waals surface area contributed by atoms with Crippen molar-refractivity contribution >= 4 is 0 Å². The van der Waals surface area contributed by atoms with E-state index in [0.29, 0.717) is 0 Å². The lowest BCUT2D eigenvalue weighted by Crippen LogP contribution is -1.80. The van der Waals surface area contributed by atoms with Crippen LogP contribution in [0.2, 0.25) is 0 Å². The molecule has 0 saturated heterocycles. The molecule has 0 aromatic carbocycles. The van der Waals surface area contributed by atoms with Gasteiger partial charge >= 0.3 is 0 Å². The van der Waals surface area contributed by atoms with Crippen molar-refractivity contribution in [2.24, 2.45) is 11.8 Å². The molecule has 0 aromatic heterocycles. The summed E-state index contributed by atoms with van der Waals surface area (Å²) in [5, 5.41) is 0. The van der Waals surface area contributed by atoms with Crippen molar-refractivity contribution in [3.05, 3.63) is 37.0 Å². The van der Waals surface area contributed by atoms with Crippen LogP contribution < -0.4 is 0 Å². The van der Waals surface area contributed by atoms with Gasteiger partial charge in [0.2, 0.25) is 0 Å². The number of hydrogen-bond acceptors (Lipinski definition) is 0. The Hall–Kier alpha value is -0.780. The van der Waals surface area contributed by atoms with Crippen LogP contribution in [-0.2, 0) is 0 Å². The molecule has 0 N–H and O–H groups in total. The first-order valence-corrected chi connectivity index (χ1v) is 4.74. The Morgan fingerprint density at radius 3 is 2.08 bits per heavy atom. The molecule has 0 amide bonds. The highest BCUT2D eigenvalue weighted by molar-refractivity contribution is 5.28. The molecule has 12 heavy (non-hydrogen) atoms. The van der Waals surface area contributed by atoms with Gasteiger partial charge in [-0.25, -0.2) is 0 Å². The van der Waals surface area contributed by atoms with Crippen molar-refractivity contribution in [3.63, 3.8) is 0 Å². The molecule has 0 aromatic rings. The molecule has 1 fully saturated rings. The monoisotopic (exact) mass is 164 g/mol. The fraction of sp³-hybridized carbons (Fsp3) is 0.500. The summed E-state index contributed by atoms with van der Waals surface area (Å²) in [5.74, 6) is 1.64. The van der Waals surface area contributed by atoms with Gasteiger partial charge < -0.3 is 0 Å². The number of allylic oxidation sites excluding steroid dienone is 4. The van der Waals surface area contributed by atoms with E-state index in [1.54, 1.807) is 0 Å². The Kier molecular flexibility index (Phi) is 5.44. The van der Waals surface area contributed by atoms with Crippen LogP contribution in [0.1, 0.15) is 27.2 Å². The van der Waals surface area contributed by atoms with Gasteiger partial charge in [-0.3, -0.25) is 0 Å². The third kappa shape index (κ3) is 3.08. The lowest BCUT2D eigenvalue weighted by Gasteiger charge is -1.94. The first-order chi connectivity index (χ1) is 5.79. The molecular weight excluding hydrogens is 144 g/mol. The van der Waals surface area contributed by atoms with E-state index in [0.717, 1.165) is 11.8 Å². The first kappa shape index (κ1) is 11.2. The quantitative estimate of drug-likeness (QED) is 0.554. The standard InChI is InChI=1S/C10H14.C2H6/c1-4-6-9(5-2)10-7-8(10)3;1-2/h4-6,8,10H,1-2,7H2,3H3;1-2H3/b9-6+;. The summed E-state index contributed by atoms with van der Waals surface area (Å²) < 4.78 is 0. The van der Waals surface area contributed by atoms with Crippen LogP contribution >= 0.6 is 0 Å². The van der Waals surface area contributed by atoms with E-state index in [1.165, 1.54) is 12.0 Å². The SMILES string of the molecule is C=C/C=C(\C=C)C1CC1C.CC. The van der Waals surface area contributed by atoms with E-state index in [1.807, 2.05) is 26.0 Å². The fourth-order valence-corrected chi connectivity index (χ4v) is 1.27. The van der Waals surface area contributed by atoms with Crippen LogP contribution in [-0.4, -0.2) is 0 Å². The normalized spacial score (nSPS) is 26.8. The Labute approximate surface area is 76.7 Å². The molecule has 0 bridgehead atoms. The molecule has 0 aliphatic heterocycles. The van der Waals surface area contributed by atoms with Gasteiger partial charge in [0.05, 0.1) is 0 Å². The van der Waals surface area contributed by atoms with Gasteiger partial charge in [-0.2, -0.15) is 0 Å². The molecule has 2 atom stereocenters. The zero-order valence-electron chi connectivity index (χ0n) is 8.51. The fourth-order valence-electron chi connectivity index (χ4n) is 1.27. The third-order valence-electron chi connectivity index (χ3n) is 2.08. The summed E-state index contributed by atoms with van der Waals surface area (Å²) in [6, 6.07) is 0. The molecule has 0 heterocycles. The molecule has 0 nitrogen and oxygen atoms in total. The van der Waals surface area contributed by atoms with Crippen molar-refractivity contribution in [1.29, 1.82) is 0 Å². The molecule has 0 radical (unpaired) electrons. The highest BCUT2D eigenvalue weighted by Crippen LogP contribution is 2.43. The maximum absolute atomic E-state index is 3.76. The Bertz CT molecular complexity index is 174. The summed E-state index contributed by atoms with van der Waals surface area (Å²) in [4.78, 5) is 0. The maximum atomic E-state index is 3.76. The summed E-state index contributed by atoms with van der Waals surface area (Å²) in [6.07, 6.45) is 7.16. The molecule has 2 unspecified atom stereocenters. The minimum Gasteiger partial charge on any atom is -0.0991 e. The van der Waals surface area contributed by atoms with Gasteiger partial charge in [0.1, 0.15) is 0 Å². The molecule has 1 saturated carbocycles. The molecule has 68 valence electrons. The predicted molar refractivity (Wildman–Crippen MR) is 57.1 cm³/mol. The second kappa shape index (κ2) is 5.82. The van der Waals surface area contributed by atoms with E-state index in [9.17, 15) is 0 Å². The molecule has 1 rings (SSSR count). The van der Waals surface area contributed by atoms with Crippen LogP contribution in [0.5, 0.6) is 0 Å². The van der Waals surface area contributed by atoms with Gasteiger partial charge in [0, 0.05) is 0 Å². The zero-order valence-corrected chi connectivity index (χ0v) is 8.51. The lowest BCUT2D eigenvalue weighted by molar-refractivity contribution is 0.874. The highest BCUT2D eigenvalue weighted by Gasteiger charge is 2.33. The average molecular weight is 164 g/mol. The van der Waals surface area contributed by atoms with Gasteiger partial charge in [-0.05, 0) is 23.8 Å². The van der Waals surface area contributed by atoms with Crippen molar-refractivity contribution in [2.75, 3.05) is 0 Å². The van der Waals surface area contributed by atoms with Gasteiger partial charge in [-0.1, -0.05) is 52.2 Å². The molecule has 0 spiro atoms. The first-order valence-electron chi connectivity index (χ1n) is 4.74. The predicted octanol–water partition coefficient (Wildman–Crippen LogP) is 3.97. The number of rotatable bonds is 3. The van der Waals surface area contributed by atoms with Crippen LogP contribution in [0.4, 0.5) is 0 Å². The van der Waals surface area contributed by atoms with Gasteiger partial charge in [0.25, 0.3) is 0 Å². The zero-order chi connectivity index (χ0) is 9.56. The van der Waals surface area contributed by atoms with Crippen LogP contribution in [0.15, 0.2) is 37.0 Å². The third-order valence-corrected chi connectivity index (χ3v) is 2.08. The largest absolute Gasteiger partial charge is 0.0991 e.